The number of H-pyrrole nitrogens is 1. The van der Waals surface area contributed by atoms with Crippen molar-refractivity contribution >= 4 is 17.3 Å². The van der Waals surface area contributed by atoms with Gasteiger partial charge in [-0.2, -0.15) is 0 Å². The first-order valence-electron chi connectivity index (χ1n) is 9.01. The highest BCUT2D eigenvalue weighted by Gasteiger charge is 2.37. The maximum atomic E-state index is 13.1. The number of pyridine rings is 1. The lowest BCUT2D eigenvalue weighted by Crippen LogP contribution is -2.54. The lowest BCUT2D eigenvalue weighted by Gasteiger charge is -2.46. The van der Waals surface area contributed by atoms with Crippen LogP contribution in [0, 0.1) is 12.8 Å². The lowest BCUT2D eigenvalue weighted by atomic mass is 9.94. The summed E-state index contributed by atoms with van der Waals surface area (Å²) in [5, 5.41) is 0. The average Bonchev–Trinajstić information content (AvgIpc) is 2.64. The largest absolute Gasteiger partial charge is 0.381 e. The van der Waals surface area contributed by atoms with E-state index in [9.17, 15) is 9.59 Å². The summed E-state index contributed by atoms with van der Waals surface area (Å²) in [5.74, 6) is 0.343. The molecule has 2 unspecified atom stereocenters. The number of ether oxygens (including phenoxy) is 1. The minimum atomic E-state index is -0.161. The van der Waals surface area contributed by atoms with Crippen molar-refractivity contribution in [3.8, 4) is 0 Å². The number of fused-ring (bicyclic) bond motifs is 1. The van der Waals surface area contributed by atoms with Crippen molar-refractivity contribution in [1.82, 2.24) is 4.98 Å². The highest BCUT2D eigenvalue weighted by atomic mass is 16.5. The third kappa shape index (κ3) is 2.80. The van der Waals surface area contributed by atoms with Crippen LogP contribution >= 0.6 is 0 Å². The summed E-state index contributed by atoms with van der Waals surface area (Å²) in [5.41, 5.74) is 2.96. The molecular weight excluding hydrogens is 330 g/mol. The number of aromatic nitrogens is 1. The number of amides is 1. The molecule has 0 radical (unpaired) electrons. The van der Waals surface area contributed by atoms with Crippen LogP contribution in [0.15, 0.2) is 41.2 Å². The van der Waals surface area contributed by atoms with Crippen molar-refractivity contribution in [2.24, 2.45) is 5.92 Å². The summed E-state index contributed by atoms with van der Waals surface area (Å²) in [4.78, 5) is 31.6. The van der Waals surface area contributed by atoms with Crippen LogP contribution < -0.4 is 15.4 Å². The SMILES string of the molecule is Cc1[nH]c(=O)ccc1N1CN(C2CCOCC2C)c2ccccc2C1=O. The van der Waals surface area contributed by atoms with Gasteiger partial charge in [-0.3, -0.25) is 14.5 Å². The maximum absolute atomic E-state index is 13.1. The minimum absolute atomic E-state index is 0.0355. The number of rotatable bonds is 2. The Morgan fingerprint density at radius 1 is 1.12 bits per heavy atom. The molecule has 1 saturated heterocycles. The highest BCUT2D eigenvalue weighted by Crippen LogP contribution is 2.35. The number of anilines is 2. The topological polar surface area (TPSA) is 65.6 Å². The summed E-state index contributed by atoms with van der Waals surface area (Å²) < 4.78 is 5.61. The van der Waals surface area contributed by atoms with E-state index < -0.39 is 0 Å². The molecule has 1 amide bonds. The van der Waals surface area contributed by atoms with E-state index in [1.165, 1.54) is 6.07 Å². The zero-order chi connectivity index (χ0) is 18.3. The molecule has 6 heteroatoms. The van der Waals surface area contributed by atoms with Crippen LogP contribution in [-0.4, -0.2) is 36.8 Å². The van der Waals surface area contributed by atoms with Gasteiger partial charge >= 0.3 is 0 Å². The van der Waals surface area contributed by atoms with Gasteiger partial charge in [-0.05, 0) is 37.5 Å². The fourth-order valence-corrected chi connectivity index (χ4v) is 4.01. The predicted octanol–water partition coefficient (Wildman–Crippen LogP) is 2.53. The number of aromatic amines is 1. The van der Waals surface area contributed by atoms with Crippen LogP contribution in [0.3, 0.4) is 0 Å². The van der Waals surface area contributed by atoms with Crippen molar-refractivity contribution < 1.29 is 9.53 Å². The number of hydrogen-bond acceptors (Lipinski definition) is 4. The molecule has 0 saturated carbocycles. The van der Waals surface area contributed by atoms with Crippen LogP contribution in [-0.2, 0) is 4.74 Å². The molecule has 0 aliphatic carbocycles. The van der Waals surface area contributed by atoms with Crippen LogP contribution in [0.2, 0.25) is 0 Å². The molecule has 136 valence electrons. The number of para-hydroxylation sites is 1. The van der Waals surface area contributed by atoms with E-state index >= 15 is 0 Å². The number of carbonyl (C=O) groups excluding carboxylic acids is 1. The van der Waals surface area contributed by atoms with Gasteiger partial charge in [0.1, 0.15) is 0 Å². The summed E-state index contributed by atoms with van der Waals surface area (Å²) in [6.45, 7) is 5.95. The summed E-state index contributed by atoms with van der Waals surface area (Å²) >= 11 is 0. The maximum Gasteiger partial charge on any atom is 0.261 e. The number of hydrogen-bond donors (Lipinski definition) is 1. The van der Waals surface area contributed by atoms with Crippen molar-refractivity contribution in [3.05, 3.63) is 58.0 Å². The Morgan fingerprint density at radius 3 is 2.69 bits per heavy atom. The number of benzene rings is 1. The Kier molecular flexibility index (Phi) is 4.28. The molecular formula is C20H23N3O3. The molecule has 1 aromatic carbocycles. The fraction of sp³-hybridized carbons (Fsp3) is 0.400. The Balaban J connectivity index is 1.79. The van der Waals surface area contributed by atoms with Gasteiger partial charge in [0.05, 0.1) is 30.2 Å². The zero-order valence-corrected chi connectivity index (χ0v) is 15.1. The van der Waals surface area contributed by atoms with Gasteiger partial charge in [0.2, 0.25) is 5.56 Å². The van der Waals surface area contributed by atoms with Gasteiger partial charge in [-0.15, -0.1) is 0 Å². The zero-order valence-electron chi connectivity index (χ0n) is 15.1. The number of carbonyl (C=O) groups is 1. The first-order chi connectivity index (χ1) is 12.6. The summed E-state index contributed by atoms with van der Waals surface area (Å²) in [7, 11) is 0. The second-order valence-electron chi connectivity index (χ2n) is 7.10. The molecule has 2 atom stereocenters. The smallest absolute Gasteiger partial charge is 0.261 e. The van der Waals surface area contributed by atoms with Crippen LogP contribution in [0.1, 0.15) is 29.4 Å². The second-order valence-corrected chi connectivity index (χ2v) is 7.10. The van der Waals surface area contributed by atoms with Crippen LogP contribution in [0.5, 0.6) is 0 Å². The number of nitrogens with zero attached hydrogens (tertiary/aromatic N) is 2. The third-order valence-electron chi connectivity index (χ3n) is 5.36. The quantitative estimate of drug-likeness (QED) is 0.901. The lowest BCUT2D eigenvalue weighted by molar-refractivity contribution is 0.0462. The van der Waals surface area contributed by atoms with Gasteiger partial charge in [0.25, 0.3) is 5.91 Å². The van der Waals surface area contributed by atoms with Gasteiger partial charge in [-0.1, -0.05) is 19.1 Å². The molecule has 2 aromatic rings. The third-order valence-corrected chi connectivity index (χ3v) is 5.36. The fourth-order valence-electron chi connectivity index (χ4n) is 4.01. The Morgan fingerprint density at radius 2 is 1.92 bits per heavy atom. The van der Waals surface area contributed by atoms with Crippen molar-refractivity contribution in [2.75, 3.05) is 29.7 Å². The molecule has 2 aliphatic rings. The van der Waals surface area contributed by atoms with Gasteiger partial charge < -0.3 is 14.6 Å². The Labute approximate surface area is 152 Å². The first kappa shape index (κ1) is 16.8. The standard InChI is InChI=1S/C20H23N3O3/c1-13-11-26-10-9-16(13)22-12-23(17-7-8-19(24)21-14(17)2)20(25)15-5-3-4-6-18(15)22/h3-8,13,16H,9-12H2,1-2H3,(H,21,24). The summed E-state index contributed by atoms with van der Waals surface area (Å²) in [6, 6.07) is 11.3. The molecule has 0 spiro atoms. The van der Waals surface area contributed by atoms with E-state index in [0.29, 0.717) is 29.9 Å². The molecule has 0 bridgehead atoms. The van der Waals surface area contributed by atoms with Crippen LogP contribution in [0.4, 0.5) is 11.4 Å². The van der Waals surface area contributed by atoms with Crippen molar-refractivity contribution in [3.63, 3.8) is 0 Å². The molecule has 26 heavy (non-hydrogen) atoms. The normalized spacial score (nSPS) is 23.1. The first-order valence-corrected chi connectivity index (χ1v) is 9.01. The molecule has 2 aliphatic heterocycles. The van der Waals surface area contributed by atoms with E-state index in [0.717, 1.165) is 31.0 Å². The van der Waals surface area contributed by atoms with Crippen molar-refractivity contribution in [2.45, 2.75) is 26.3 Å². The van der Waals surface area contributed by atoms with Crippen molar-refractivity contribution in [1.29, 1.82) is 0 Å². The molecule has 6 nitrogen and oxygen atoms in total. The molecule has 4 rings (SSSR count). The van der Waals surface area contributed by atoms with Gasteiger partial charge in [0, 0.05) is 24.4 Å². The predicted molar refractivity (Wildman–Crippen MR) is 101 cm³/mol. The van der Waals surface area contributed by atoms with Gasteiger partial charge in [-0.25, -0.2) is 0 Å². The second kappa shape index (κ2) is 6.61. The van der Waals surface area contributed by atoms with E-state index in [4.69, 9.17) is 4.74 Å². The van der Waals surface area contributed by atoms with E-state index in [-0.39, 0.29) is 11.5 Å². The Bertz CT molecular complexity index is 892. The van der Waals surface area contributed by atoms with Gasteiger partial charge in [0.15, 0.2) is 0 Å². The molecule has 1 N–H and O–H groups in total. The van der Waals surface area contributed by atoms with Crippen LogP contribution in [0.25, 0.3) is 0 Å². The monoisotopic (exact) mass is 353 g/mol. The summed E-state index contributed by atoms with van der Waals surface area (Å²) in [6.07, 6.45) is 0.933. The Hall–Kier alpha value is -2.60. The highest BCUT2D eigenvalue weighted by molar-refractivity contribution is 6.11. The average molecular weight is 353 g/mol. The number of nitrogens with one attached hydrogen (secondary N) is 1. The minimum Gasteiger partial charge on any atom is -0.381 e. The number of aryl methyl sites for hydroxylation is 1. The molecule has 1 aromatic heterocycles. The van der Waals surface area contributed by atoms with E-state index in [1.807, 2.05) is 31.2 Å². The van der Waals surface area contributed by atoms with E-state index in [1.54, 1.807) is 11.0 Å². The molecule has 3 heterocycles. The van der Waals surface area contributed by atoms with E-state index in [2.05, 4.69) is 16.8 Å². The molecule has 1 fully saturated rings.